The summed E-state index contributed by atoms with van der Waals surface area (Å²) in [5.41, 5.74) is 0. The van der Waals surface area contributed by atoms with Crippen LogP contribution in [0.25, 0.3) is 0 Å². The summed E-state index contributed by atoms with van der Waals surface area (Å²) in [5, 5.41) is 16.7. The lowest BCUT2D eigenvalue weighted by atomic mass is 10.3. The van der Waals surface area contributed by atoms with Crippen molar-refractivity contribution in [3.05, 3.63) is 0 Å². The largest absolute Gasteiger partial charge is 0.422 e. The fourth-order valence-electron chi connectivity index (χ4n) is 0.512. The minimum atomic E-state index is -4.99. The maximum atomic E-state index is 12.5. The van der Waals surface area contributed by atoms with Gasteiger partial charge in [-0.2, -0.15) is 22.5 Å². The average Bonchev–Trinajstić information content (AvgIpc) is 2.14. The van der Waals surface area contributed by atoms with E-state index in [1.165, 1.54) is 0 Å². The fourth-order valence-corrected chi connectivity index (χ4v) is 0.512. The average molecular weight is 240 g/mol. The van der Waals surface area contributed by atoms with E-state index in [4.69, 9.17) is 10.2 Å². The Morgan fingerprint density at radius 3 is 2.13 bits per heavy atom. The van der Waals surface area contributed by atoms with Crippen LogP contribution in [-0.4, -0.2) is 48.2 Å². The summed E-state index contributed by atoms with van der Waals surface area (Å²) in [6, 6.07) is 0. The van der Waals surface area contributed by atoms with Gasteiger partial charge in [0, 0.05) is 0 Å². The van der Waals surface area contributed by atoms with Gasteiger partial charge in [-0.3, -0.25) is 0 Å². The van der Waals surface area contributed by atoms with E-state index in [2.05, 4.69) is 9.68 Å². The van der Waals surface area contributed by atoms with Gasteiger partial charge in [-0.25, -0.2) is 0 Å². The molecule has 1 atom stereocenters. The van der Waals surface area contributed by atoms with Crippen LogP contribution < -0.4 is 0 Å². The second-order valence-electron chi connectivity index (χ2n) is 2.62. The first-order valence-electron chi connectivity index (χ1n) is 3.69. The predicted octanol–water partition coefficient (Wildman–Crippen LogP) is 0.485. The van der Waals surface area contributed by atoms with Gasteiger partial charge in [0.05, 0.1) is 13.2 Å². The molecule has 0 heterocycles. The summed E-state index contributed by atoms with van der Waals surface area (Å²) in [6.07, 6.45) is -6.71. The molecule has 15 heavy (non-hydrogen) atoms. The van der Waals surface area contributed by atoms with Gasteiger partial charge in [0.2, 0.25) is 0 Å². The zero-order valence-corrected chi connectivity index (χ0v) is 7.30. The molecule has 9 heteroatoms. The van der Waals surface area contributed by atoms with E-state index in [0.717, 1.165) is 0 Å². The van der Waals surface area contributed by atoms with Crippen molar-refractivity contribution in [1.82, 2.24) is 0 Å². The van der Waals surface area contributed by atoms with Crippen molar-refractivity contribution in [3.63, 3.8) is 0 Å². The van der Waals surface area contributed by atoms with Crippen molar-refractivity contribution in [2.75, 3.05) is 19.8 Å². The van der Waals surface area contributed by atoms with Crippen molar-refractivity contribution in [2.45, 2.75) is 18.1 Å². The van der Waals surface area contributed by atoms with Crippen LogP contribution >= 0.6 is 0 Å². The molecule has 0 aliphatic rings. The Kier molecular flexibility index (Phi) is 5.35. The molecule has 92 valence electrons. The second-order valence-corrected chi connectivity index (χ2v) is 2.62. The van der Waals surface area contributed by atoms with Gasteiger partial charge in [-0.05, 0) is 4.53 Å². The van der Waals surface area contributed by atoms with E-state index in [-0.39, 0.29) is 0 Å². The molecule has 0 amide bonds. The van der Waals surface area contributed by atoms with Crippen LogP contribution in [0.1, 0.15) is 0 Å². The standard InChI is InChI=1S/C6H9F5O4/c7-5(8,3-15-11)6(9,10)14-2-4(13)1-12/h4,12-13H,1-3H2. The van der Waals surface area contributed by atoms with Crippen LogP contribution in [0.2, 0.25) is 0 Å². The number of rotatable bonds is 7. The number of alkyl halides is 4. The Morgan fingerprint density at radius 2 is 1.73 bits per heavy atom. The zero-order chi connectivity index (χ0) is 12.1. The maximum Gasteiger partial charge on any atom is 0.422 e. The molecule has 0 aromatic carbocycles. The molecule has 0 aromatic rings. The summed E-state index contributed by atoms with van der Waals surface area (Å²) in [7, 11) is 0. The van der Waals surface area contributed by atoms with Crippen LogP contribution in [0.5, 0.6) is 0 Å². The number of aliphatic hydroxyl groups is 2. The molecule has 0 saturated heterocycles. The third-order valence-corrected chi connectivity index (χ3v) is 1.33. The SMILES string of the molecule is OCC(O)COC(F)(F)C(F)(F)COF. The first kappa shape index (κ1) is 14.5. The monoisotopic (exact) mass is 240 g/mol. The summed E-state index contributed by atoms with van der Waals surface area (Å²) >= 11 is 0. The van der Waals surface area contributed by atoms with Crippen LogP contribution in [0.4, 0.5) is 22.1 Å². The molecule has 2 N–H and O–H groups in total. The molecule has 0 spiro atoms. The Balaban J connectivity index is 4.26. The predicted molar refractivity (Wildman–Crippen MR) is 36.0 cm³/mol. The maximum absolute atomic E-state index is 12.5. The van der Waals surface area contributed by atoms with Gasteiger partial charge in [0.25, 0.3) is 0 Å². The van der Waals surface area contributed by atoms with Crippen LogP contribution in [0.15, 0.2) is 0 Å². The third kappa shape index (κ3) is 4.24. The highest BCUT2D eigenvalue weighted by Crippen LogP contribution is 2.35. The molecule has 0 fully saturated rings. The second kappa shape index (κ2) is 5.54. The molecule has 0 aliphatic carbocycles. The van der Waals surface area contributed by atoms with E-state index >= 15 is 0 Å². The highest BCUT2D eigenvalue weighted by Gasteiger charge is 2.58. The van der Waals surface area contributed by atoms with Crippen LogP contribution in [0.3, 0.4) is 0 Å². The third-order valence-electron chi connectivity index (χ3n) is 1.33. The lowest BCUT2D eigenvalue weighted by molar-refractivity contribution is -0.373. The van der Waals surface area contributed by atoms with Crippen molar-refractivity contribution in [3.8, 4) is 0 Å². The molecule has 4 nitrogen and oxygen atoms in total. The fraction of sp³-hybridized carbons (Fsp3) is 1.00. The smallest absolute Gasteiger partial charge is 0.394 e. The summed E-state index contributed by atoms with van der Waals surface area (Å²) in [5.74, 6) is -4.86. The molecule has 0 saturated carbocycles. The Bertz CT molecular complexity index is 188. The van der Waals surface area contributed by atoms with Gasteiger partial charge >= 0.3 is 12.0 Å². The lowest BCUT2D eigenvalue weighted by Crippen LogP contribution is -2.47. The van der Waals surface area contributed by atoms with Crippen LogP contribution in [0, 0.1) is 0 Å². The molecular formula is C6H9F5O4. The summed E-state index contributed by atoms with van der Waals surface area (Å²) in [4.78, 5) is 2.40. The van der Waals surface area contributed by atoms with E-state index in [9.17, 15) is 22.1 Å². The van der Waals surface area contributed by atoms with E-state index < -0.39 is 38.0 Å². The number of ether oxygens (including phenoxy) is 1. The minimum absolute atomic E-state index is 0.929. The Hall–Kier alpha value is -0.510. The molecule has 0 aromatic heterocycles. The van der Waals surface area contributed by atoms with E-state index in [0.29, 0.717) is 0 Å². The Morgan fingerprint density at radius 1 is 1.20 bits per heavy atom. The van der Waals surface area contributed by atoms with E-state index in [1.54, 1.807) is 0 Å². The van der Waals surface area contributed by atoms with Gasteiger partial charge in [0.1, 0.15) is 6.10 Å². The summed E-state index contributed by atoms with van der Waals surface area (Å²) < 4.78 is 64.1. The quantitative estimate of drug-likeness (QED) is 0.636. The van der Waals surface area contributed by atoms with Crippen molar-refractivity contribution in [1.29, 1.82) is 0 Å². The van der Waals surface area contributed by atoms with E-state index in [1.807, 2.05) is 0 Å². The number of hydrogen-bond acceptors (Lipinski definition) is 4. The highest BCUT2D eigenvalue weighted by molar-refractivity contribution is 4.76. The Labute approximate surface area is 81.1 Å². The lowest BCUT2D eigenvalue weighted by Gasteiger charge is -2.25. The van der Waals surface area contributed by atoms with Crippen LogP contribution in [-0.2, 0) is 9.68 Å². The van der Waals surface area contributed by atoms with Gasteiger partial charge in [0.15, 0.2) is 6.61 Å². The van der Waals surface area contributed by atoms with Crippen molar-refractivity contribution >= 4 is 0 Å². The van der Waals surface area contributed by atoms with Gasteiger partial charge in [-0.15, -0.1) is 0 Å². The molecular weight excluding hydrogens is 231 g/mol. The minimum Gasteiger partial charge on any atom is -0.394 e. The topological polar surface area (TPSA) is 58.9 Å². The number of aliphatic hydroxyl groups excluding tert-OH is 2. The van der Waals surface area contributed by atoms with Crippen molar-refractivity contribution < 1.29 is 42.0 Å². The molecule has 0 bridgehead atoms. The normalized spacial score (nSPS) is 15.4. The van der Waals surface area contributed by atoms with Crippen molar-refractivity contribution in [2.24, 2.45) is 0 Å². The molecule has 0 rings (SSSR count). The summed E-state index contributed by atoms with van der Waals surface area (Å²) in [6.45, 7) is -4.32. The first-order valence-corrected chi connectivity index (χ1v) is 3.69. The zero-order valence-electron chi connectivity index (χ0n) is 7.30. The molecule has 0 radical (unpaired) electrons. The first-order chi connectivity index (χ1) is 6.77. The highest BCUT2D eigenvalue weighted by atomic mass is 19.3. The molecule has 1 unspecified atom stereocenters. The number of hydrogen-bond donors (Lipinski definition) is 2. The van der Waals surface area contributed by atoms with Gasteiger partial charge < -0.3 is 14.9 Å². The number of halogens is 5. The van der Waals surface area contributed by atoms with Gasteiger partial charge in [-0.1, -0.05) is 0 Å². The molecule has 0 aliphatic heterocycles.